The molecule has 0 radical (unpaired) electrons. The van der Waals surface area contributed by atoms with Crippen LogP contribution in [0.1, 0.15) is 16.4 Å². The molecule has 0 unspecified atom stereocenters. The topological polar surface area (TPSA) is 146 Å². The van der Waals surface area contributed by atoms with Crippen LogP contribution < -0.4 is 9.46 Å². The second-order valence-corrected chi connectivity index (χ2v) is 7.93. The van der Waals surface area contributed by atoms with Crippen LogP contribution in [0, 0.1) is 17.0 Å². The van der Waals surface area contributed by atoms with E-state index in [-0.39, 0.29) is 11.6 Å². The van der Waals surface area contributed by atoms with E-state index >= 15 is 0 Å². The van der Waals surface area contributed by atoms with Crippen LogP contribution in [0.3, 0.4) is 0 Å². The van der Waals surface area contributed by atoms with Gasteiger partial charge in [-0.25, -0.2) is 22.8 Å². The van der Waals surface area contributed by atoms with Gasteiger partial charge in [0.05, 0.1) is 28.8 Å². The Kier molecular flexibility index (Phi) is 5.71. The van der Waals surface area contributed by atoms with Crippen LogP contribution in [-0.4, -0.2) is 41.1 Å². The van der Waals surface area contributed by atoms with Gasteiger partial charge in [-0.1, -0.05) is 23.7 Å². The highest BCUT2D eigenvalue weighted by atomic mass is 35.5. The molecule has 1 aromatic heterocycles. The number of carbonyl (C=O) groups excluding carboxylic acids is 1. The molecule has 0 bridgehead atoms. The Hall–Kier alpha value is -3.51. The van der Waals surface area contributed by atoms with Crippen molar-refractivity contribution >= 4 is 33.2 Å². The van der Waals surface area contributed by atoms with Crippen molar-refractivity contribution in [2.45, 2.75) is 11.8 Å². The Morgan fingerprint density at radius 2 is 1.97 bits per heavy atom. The second kappa shape index (κ2) is 8.08. The number of nitro groups is 1. The Morgan fingerprint density at radius 3 is 2.60 bits per heavy atom. The van der Waals surface area contributed by atoms with Crippen molar-refractivity contribution in [3.63, 3.8) is 0 Å². The molecule has 0 fully saturated rings. The molecule has 0 saturated carbocycles. The molecule has 30 heavy (non-hydrogen) atoms. The maximum absolute atomic E-state index is 12.6. The third-order valence-corrected chi connectivity index (χ3v) is 5.63. The van der Waals surface area contributed by atoms with E-state index in [1.165, 1.54) is 17.9 Å². The van der Waals surface area contributed by atoms with Gasteiger partial charge in [0.25, 0.3) is 15.7 Å². The number of aromatic nitrogens is 3. The minimum atomic E-state index is -4.60. The smallest absolute Gasteiger partial charge is 0.304 e. The Labute approximate surface area is 175 Å². The van der Waals surface area contributed by atoms with Gasteiger partial charge in [-0.2, -0.15) is 0 Å². The first kappa shape index (κ1) is 21.2. The number of sulfonamides is 1. The van der Waals surface area contributed by atoms with E-state index in [0.29, 0.717) is 10.7 Å². The highest BCUT2D eigenvalue weighted by Gasteiger charge is 2.30. The normalized spacial score (nSPS) is 11.2. The van der Waals surface area contributed by atoms with E-state index in [9.17, 15) is 23.3 Å². The monoisotopic (exact) mass is 451 g/mol. The van der Waals surface area contributed by atoms with Gasteiger partial charge in [0.2, 0.25) is 5.82 Å². The number of aryl methyl sites for hydroxylation is 1. The highest BCUT2D eigenvalue weighted by Crippen LogP contribution is 2.28. The van der Waals surface area contributed by atoms with E-state index in [2.05, 4.69) is 10.1 Å². The number of hydrogen-bond donors (Lipinski definition) is 1. The molecule has 0 aliphatic rings. The first-order valence-corrected chi connectivity index (χ1v) is 10.1. The summed E-state index contributed by atoms with van der Waals surface area (Å²) in [5.74, 6) is -1.25. The number of carbonyl (C=O) groups is 1. The molecule has 0 atom stereocenters. The van der Waals surface area contributed by atoms with Crippen molar-refractivity contribution in [2.24, 2.45) is 0 Å². The maximum atomic E-state index is 12.6. The zero-order valence-corrected chi connectivity index (χ0v) is 17.1. The third-order valence-electron chi connectivity index (χ3n) is 3.93. The lowest BCUT2D eigenvalue weighted by molar-refractivity contribution is -0.387. The van der Waals surface area contributed by atoms with Crippen molar-refractivity contribution in [2.75, 3.05) is 7.11 Å². The number of para-hydroxylation sites is 1. The van der Waals surface area contributed by atoms with Gasteiger partial charge in [-0.15, -0.1) is 5.10 Å². The molecule has 1 heterocycles. The second-order valence-electron chi connectivity index (χ2n) is 5.87. The van der Waals surface area contributed by atoms with Crippen LogP contribution >= 0.6 is 11.6 Å². The van der Waals surface area contributed by atoms with E-state index < -0.39 is 37.3 Å². The van der Waals surface area contributed by atoms with Crippen LogP contribution in [0.4, 0.5) is 5.69 Å². The van der Waals surface area contributed by atoms with Gasteiger partial charge in [-0.05, 0) is 31.2 Å². The number of nitrogens with zero attached hydrogens (tertiary/aromatic N) is 4. The number of halogens is 1. The minimum Gasteiger partial charge on any atom is -0.497 e. The van der Waals surface area contributed by atoms with E-state index in [4.69, 9.17) is 16.3 Å². The van der Waals surface area contributed by atoms with Gasteiger partial charge in [0, 0.05) is 0 Å². The summed E-state index contributed by atoms with van der Waals surface area (Å²) < 4.78 is 33.1. The van der Waals surface area contributed by atoms with E-state index in [1.807, 2.05) is 0 Å². The molecule has 1 amide bonds. The number of ether oxygens (including phenoxy) is 1. The molecule has 2 aromatic carbocycles. The van der Waals surface area contributed by atoms with Gasteiger partial charge in [0.1, 0.15) is 11.6 Å². The Bertz CT molecular complexity index is 1260. The third kappa shape index (κ3) is 4.09. The summed E-state index contributed by atoms with van der Waals surface area (Å²) in [5.41, 5.74) is -0.308. The molecular weight excluding hydrogens is 438 g/mol. The maximum Gasteiger partial charge on any atom is 0.304 e. The SMILES string of the molecule is COc1ccc(S(=O)(=O)NC(=O)c2nc(C)n(-c3ccccc3Cl)n2)c([N+](=O)[O-])c1. The molecule has 11 nitrogen and oxygen atoms in total. The number of nitro benzene ring substituents is 1. The molecule has 0 saturated heterocycles. The minimum absolute atomic E-state index is 0.0859. The standard InChI is InChI=1S/C17H14ClN5O6S/c1-10-19-16(20-22(10)13-6-4-3-5-12(13)18)17(24)21-30(27,28)15-8-7-11(29-2)9-14(15)23(25)26/h3-9H,1-2H3,(H,21,24). The molecular formula is C17H14ClN5O6S. The van der Waals surface area contributed by atoms with Crippen LogP contribution in [-0.2, 0) is 10.0 Å². The predicted octanol–water partition coefficient (Wildman–Crippen LogP) is 2.26. The fourth-order valence-corrected chi connectivity index (χ4v) is 3.87. The summed E-state index contributed by atoms with van der Waals surface area (Å²) in [6.45, 7) is 1.55. The van der Waals surface area contributed by atoms with Crippen molar-refractivity contribution in [3.05, 3.63) is 69.3 Å². The molecule has 1 N–H and O–H groups in total. The molecule has 0 aliphatic carbocycles. The zero-order valence-electron chi connectivity index (χ0n) is 15.6. The predicted molar refractivity (Wildman–Crippen MR) is 105 cm³/mol. The van der Waals surface area contributed by atoms with E-state index in [1.54, 1.807) is 35.9 Å². The van der Waals surface area contributed by atoms with E-state index in [0.717, 1.165) is 12.1 Å². The summed E-state index contributed by atoms with van der Waals surface area (Å²) in [4.78, 5) is 26.1. The van der Waals surface area contributed by atoms with Crippen LogP contribution in [0.25, 0.3) is 5.69 Å². The van der Waals surface area contributed by atoms with Crippen molar-refractivity contribution < 1.29 is 22.9 Å². The first-order valence-electron chi connectivity index (χ1n) is 8.22. The summed E-state index contributed by atoms with van der Waals surface area (Å²) in [5, 5.41) is 15.6. The van der Waals surface area contributed by atoms with Crippen molar-refractivity contribution in [1.82, 2.24) is 19.5 Å². The van der Waals surface area contributed by atoms with Crippen LogP contribution in [0.2, 0.25) is 5.02 Å². The Balaban J connectivity index is 1.94. The van der Waals surface area contributed by atoms with Crippen molar-refractivity contribution in [1.29, 1.82) is 0 Å². The lowest BCUT2D eigenvalue weighted by atomic mass is 10.3. The van der Waals surface area contributed by atoms with Gasteiger partial charge >= 0.3 is 5.91 Å². The number of hydrogen-bond acceptors (Lipinski definition) is 8. The summed E-state index contributed by atoms with van der Waals surface area (Å²) in [6, 6.07) is 9.80. The highest BCUT2D eigenvalue weighted by molar-refractivity contribution is 7.90. The summed E-state index contributed by atoms with van der Waals surface area (Å²) in [7, 11) is -3.32. The molecule has 13 heteroatoms. The van der Waals surface area contributed by atoms with Crippen LogP contribution in [0.15, 0.2) is 47.4 Å². The van der Waals surface area contributed by atoms with Crippen LogP contribution in [0.5, 0.6) is 5.75 Å². The molecule has 0 aliphatic heterocycles. The molecule has 0 spiro atoms. The molecule has 156 valence electrons. The number of methoxy groups -OCH3 is 1. The quantitative estimate of drug-likeness (QED) is 0.443. The summed E-state index contributed by atoms with van der Waals surface area (Å²) >= 11 is 6.12. The average molecular weight is 452 g/mol. The Morgan fingerprint density at radius 1 is 1.27 bits per heavy atom. The molecule has 3 rings (SSSR count). The number of rotatable bonds is 6. The first-order chi connectivity index (χ1) is 14.1. The fraction of sp³-hybridized carbons (Fsp3) is 0.118. The lowest BCUT2D eigenvalue weighted by Crippen LogP contribution is -2.32. The number of nitrogens with one attached hydrogen (secondary N) is 1. The van der Waals surface area contributed by atoms with Gasteiger partial charge in [0.15, 0.2) is 4.90 Å². The lowest BCUT2D eigenvalue weighted by Gasteiger charge is -2.07. The number of benzene rings is 2. The number of amides is 1. The van der Waals surface area contributed by atoms with Crippen molar-refractivity contribution in [3.8, 4) is 11.4 Å². The fourth-order valence-electron chi connectivity index (χ4n) is 2.55. The zero-order chi connectivity index (χ0) is 22.1. The van der Waals surface area contributed by atoms with Gasteiger partial charge in [-0.3, -0.25) is 14.9 Å². The summed E-state index contributed by atoms with van der Waals surface area (Å²) in [6.07, 6.45) is 0. The largest absolute Gasteiger partial charge is 0.497 e. The van der Waals surface area contributed by atoms with Gasteiger partial charge < -0.3 is 4.74 Å². The average Bonchev–Trinajstić information content (AvgIpc) is 3.09. The molecule has 3 aromatic rings.